The van der Waals surface area contributed by atoms with E-state index in [1.54, 1.807) is 21.3 Å². The third-order valence-corrected chi connectivity index (χ3v) is 12.7. The van der Waals surface area contributed by atoms with Gasteiger partial charge in [-0.15, -0.1) is 9.97 Å². The molecule has 4 aromatic heterocycles. The van der Waals surface area contributed by atoms with Crippen LogP contribution in [-0.2, 0) is 42.5 Å². The van der Waals surface area contributed by atoms with Crippen molar-refractivity contribution in [2.45, 2.75) is 108 Å². The number of rotatable bonds is 13. The summed E-state index contributed by atoms with van der Waals surface area (Å²) in [4.78, 5) is 46.0. The van der Waals surface area contributed by atoms with Crippen molar-refractivity contribution in [3.8, 4) is 22.3 Å². The number of nitrogens with zero attached hydrogens (tertiary/aromatic N) is 8. The van der Waals surface area contributed by atoms with Crippen molar-refractivity contribution in [2.75, 3.05) is 0 Å². The molecular weight excluding hydrogens is 919 g/mol. The van der Waals surface area contributed by atoms with Crippen LogP contribution >= 0.6 is 0 Å². The SMILES string of the molecule is C.NS(=O)(=O)c1cn(C2CC2)cn1.[C-]#[N+]c1cc(-c2cc(F)cc(C(C)C)c2CC(=O)NS(=O)(=O)c2cn(C3CC3)cn2)ccn1.[C-]#[N+]c1cc(-c2cc(F)cc(C(C)C)c2CC(=O)O)ccn1. The zero-order valence-corrected chi connectivity index (χ0v) is 38.4. The lowest BCUT2D eigenvalue weighted by Crippen LogP contribution is -2.32. The molecule has 2 aliphatic rings. The Hall–Kier alpha value is -7.20. The van der Waals surface area contributed by atoms with E-state index in [2.05, 4.69) is 34.3 Å². The Balaban J connectivity index is 0.000000211. The fraction of sp³-hybridized carbons (Fsp3) is 0.319. The lowest BCUT2D eigenvalue weighted by Gasteiger charge is -2.18. The Bertz CT molecular complexity index is 3150. The molecule has 17 nitrogen and oxygen atoms in total. The van der Waals surface area contributed by atoms with E-state index in [4.69, 9.17) is 23.4 Å². The highest BCUT2D eigenvalue weighted by atomic mass is 32.2. The molecular formula is C47H50F2N10O7S2. The number of pyridine rings is 2. The summed E-state index contributed by atoms with van der Waals surface area (Å²) in [7, 11) is -7.77. The molecule has 356 valence electrons. The molecule has 2 aromatic carbocycles. The molecule has 2 saturated carbocycles. The van der Waals surface area contributed by atoms with Gasteiger partial charge in [-0.05, 0) is 131 Å². The standard InChI is InChI=1S/C23H22FN5O3S.C17H15FN2O2.C6H9N3O2S.CH4/c1-14(2)18-9-16(24)10-19(15-6-7-26-21(8-15)25-3)20(18)11-22(30)28-33(31,32)23-12-29(13-27-23)17-4-5-17;1-10(2)13-7-12(18)8-14(15(13)9-17(21)22)11-4-5-20-16(6-11)19-3;7-12(10,11)6-3-9(4-8-6)5-1-2-5;/h6-10,12-14,17H,4-5,11H2,1-2H3,(H,28,30);4-8,10H,9H2,1-2H3,(H,21,22);3-5H,1-2H2,(H2,7,10,11);1H4. The first-order valence-corrected chi connectivity index (χ1v) is 23.9. The van der Waals surface area contributed by atoms with Gasteiger partial charge in [0.2, 0.25) is 5.91 Å². The van der Waals surface area contributed by atoms with E-state index in [1.807, 2.05) is 27.7 Å². The normalized spacial score (nSPS) is 13.2. The second-order valence-electron chi connectivity index (χ2n) is 16.5. The molecule has 0 saturated heterocycles. The zero-order chi connectivity index (χ0) is 48.8. The van der Waals surface area contributed by atoms with Crippen LogP contribution in [0, 0.1) is 24.8 Å². The molecule has 6 aromatic rings. The van der Waals surface area contributed by atoms with Crippen LogP contribution < -0.4 is 9.86 Å². The third-order valence-electron chi connectivity index (χ3n) is 10.7. The predicted molar refractivity (Wildman–Crippen MR) is 249 cm³/mol. The fourth-order valence-electron chi connectivity index (χ4n) is 7.17. The molecule has 4 heterocycles. The molecule has 0 bridgehead atoms. The van der Waals surface area contributed by atoms with E-state index in [0.29, 0.717) is 50.5 Å². The van der Waals surface area contributed by atoms with E-state index in [-0.39, 0.29) is 59.8 Å². The van der Waals surface area contributed by atoms with E-state index in [1.165, 1.54) is 73.8 Å². The summed E-state index contributed by atoms with van der Waals surface area (Å²) in [5.74, 6) is -2.46. The molecule has 1 amide bonds. The number of nitrogens with one attached hydrogen (secondary N) is 1. The summed E-state index contributed by atoms with van der Waals surface area (Å²) >= 11 is 0. The first kappa shape index (κ1) is 51.8. The van der Waals surface area contributed by atoms with Gasteiger partial charge in [0, 0.05) is 24.5 Å². The highest BCUT2D eigenvalue weighted by Crippen LogP contribution is 2.37. The maximum absolute atomic E-state index is 14.5. The summed E-state index contributed by atoms with van der Waals surface area (Å²) in [6, 6.07) is 12.3. The van der Waals surface area contributed by atoms with Gasteiger partial charge < -0.3 is 23.9 Å². The van der Waals surface area contributed by atoms with Gasteiger partial charge in [0.1, 0.15) is 24.0 Å². The van der Waals surface area contributed by atoms with Gasteiger partial charge in [0.15, 0.2) is 10.1 Å². The Morgan fingerprint density at radius 2 is 1.16 bits per heavy atom. The molecule has 0 radical (unpaired) electrons. The summed E-state index contributed by atoms with van der Waals surface area (Å²) in [5.41, 5.74) is 4.34. The number of imidazole rings is 2. The summed E-state index contributed by atoms with van der Waals surface area (Å²) in [6.45, 7) is 21.7. The highest BCUT2D eigenvalue weighted by molar-refractivity contribution is 7.90. The fourth-order valence-corrected chi connectivity index (χ4v) is 8.55. The van der Waals surface area contributed by atoms with Gasteiger partial charge in [0.05, 0.1) is 25.5 Å². The number of primary sulfonamides is 1. The van der Waals surface area contributed by atoms with Crippen molar-refractivity contribution in [3.63, 3.8) is 0 Å². The number of aliphatic carboxylic acids is 1. The largest absolute Gasteiger partial charge is 0.481 e. The lowest BCUT2D eigenvalue weighted by molar-refractivity contribution is -0.136. The number of carboxylic acid groups (broad SMARTS) is 1. The third kappa shape index (κ3) is 13.2. The second-order valence-corrected chi connectivity index (χ2v) is 19.6. The minimum absolute atomic E-state index is 0. The number of hydrogen-bond acceptors (Lipinski definition) is 10. The molecule has 0 atom stereocenters. The van der Waals surface area contributed by atoms with Crippen molar-refractivity contribution in [1.29, 1.82) is 0 Å². The Morgan fingerprint density at radius 1 is 0.735 bits per heavy atom. The number of aromatic nitrogens is 6. The number of benzene rings is 2. The number of halogens is 2. The lowest BCUT2D eigenvalue weighted by atomic mass is 9.88. The molecule has 0 aliphatic heterocycles. The molecule has 2 fully saturated rings. The molecule has 21 heteroatoms. The molecule has 8 rings (SSSR count). The Kier molecular flexibility index (Phi) is 16.5. The molecule has 4 N–H and O–H groups in total. The van der Waals surface area contributed by atoms with Crippen LogP contribution in [0.1, 0.15) is 107 Å². The number of sulfonamides is 2. The molecule has 0 unspecified atom stereocenters. The van der Waals surface area contributed by atoms with Gasteiger partial charge in [-0.25, -0.2) is 37.0 Å². The minimum atomic E-state index is -4.15. The number of carbonyl (C=O) groups is 2. The van der Waals surface area contributed by atoms with E-state index in [9.17, 15) is 35.2 Å². The Morgan fingerprint density at radius 3 is 1.54 bits per heavy atom. The number of amides is 1. The van der Waals surface area contributed by atoms with Crippen LogP contribution in [0.3, 0.4) is 0 Å². The quantitative estimate of drug-likeness (QED) is 0.0926. The zero-order valence-electron chi connectivity index (χ0n) is 36.8. The van der Waals surface area contributed by atoms with Crippen molar-refractivity contribution in [1.82, 2.24) is 33.8 Å². The van der Waals surface area contributed by atoms with Crippen molar-refractivity contribution >= 4 is 43.6 Å². The van der Waals surface area contributed by atoms with Crippen molar-refractivity contribution in [2.24, 2.45) is 5.14 Å². The second kappa shape index (κ2) is 21.6. The van der Waals surface area contributed by atoms with Crippen LogP contribution in [-0.4, -0.2) is 62.9 Å². The highest BCUT2D eigenvalue weighted by Gasteiger charge is 2.28. The number of carboxylic acids is 1. The monoisotopic (exact) mass is 968 g/mol. The average molecular weight is 969 g/mol. The van der Waals surface area contributed by atoms with Crippen molar-refractivity contribution in [3.05, 3.63) is 143 Å². The number of hydrogen-bond donors (Lipinski definition) is 3. The van der Waals surface area contributed by atoms with Gasteiger partial charge in [0.25, 0.3) is 31.7 Å². The molecule has 2 aliphatic carbocycles. The minimum Gasteiger partial charge on any atom is -0.481 e. The Labute approximate surface area is 393 Å². The smallest absolute Gasteiger partial charge is 0.307 e. The summed E-state index contributed by atoms with van der Waals surface area (Å²) in [5, 5.41) is 13.8. The van der Waals surface area contributed by atoms with Crippen molar-refractivity contribution < 1.29 is 40.3 Å². The predicted octanol–water partition coefficient (Wildman–Crippen LogP) is 8.83. The summed E-state index contributed by atoms with van der Waals surface area (Å²) < 4.78 is 81.0. The van der Waals surface area contributed by atoms with Gasteiger partial charge in [-0.1, -0.05) is 48.3 Å². The average Bonchev–Trinajstić information content (AvgIpc) is 4.20. The first-order chi connectivity index (χ1) is 31.7. The molecule has 68 heavy (non-hydrogen) atoms. The number of nitrogens with two attached hydrogens (primary N) is 1. The van der Waals surface area contributed by atoms with E-state index in [0.717, 1.165) is 25.7 Å². The van der Waals surface area contributed by atoms with E-state index >= 15 is 0 Å². The topological polar surface area (TPSA) is 231 Å². The van der Waals surface area contributed by atoms with Crippen LogP contribution in [0.25, 0.3) is 31.9 Å². The summed E-state index contributed by atoms with van der Waals surface area (Å²) in [6.07, 6.45) is 12.4. The van der Waals surface area contributed by atoms with Crippen LogP contribution in [0.15, 0.2) is 96.0 Å². The van der Waals surface area contributed by atoms with Gasteiger partial charge in [-0.2, -0.15) is 8.42 Å². The van der Waals surface area contributed by atoms with Crippen LogP contribution in [0.2, 0.25) is 0 Å². The van der Waals surface area contributed by atoms with Gasteiger partial charge in [-0.3, -0.25) is 9.59 Å². The maximum atomic E-state index is 14.5. The molecule has 0 spiro atoms. The maximum Gasteiger partial charge on any atom is 0.307 e. The number of carbonyl (C=O) groups excluding carboxylic acids is 1. The van der Waals surface area contributed by atoms with Gasteiger partial charge >= 0.3 is 5.97 Å². The first-order valence-electron chi connectivity index (χ1n) is 20.9. The van der Waals surface area contributed by atoms with Crippen LogP contribution in [0.4, 0.5) is 20.4 Å². The van der Waals surface area contributed by atoms with E-state index < -0.39 is 43.6 Å². The van der Waals surface area contributed by atoms with Crippen LogP contribution in [0.5, 0.6) is 0 Å².